The Morgan fingerprint density at radius 3 is 2.52 bits per heavy atom. The van der Waals surface area contributed by atoms with Crippen molar-refractivity contribution in [1.29, 1.82) is 0 Å². The van der Waals surface area contributed by atoms with Crippen molar-refractivity contribution in [2.75, 3.05) is 23.0 Å². The number of hydrogen-bond donors (Lipinski definition) is 2. The van der Waals surface area contributed by atoms with E-state index in [1.165, 1.54) is 17.0 Å². The standard InChI is InChI=1S/C11H14N4O5S/c12-11(18)8-1-2-9(14-13-8)15(5-10(16)17)7-3-4-21(19,20)6-7/h1-2,7H,3-6H2,(H2,12,18)(H,16,17). The van der Waals surface area contributed by atoms with Gasteiger partial charge in [-0.1, -0.05) is 0 Å². The van der Waals surface area contributed by atoms with E-state index in [9.17, 15) is 18.0 Å². The van der Waals surface area contributed by atoms with Gasteiger partial charge in [0.05, 0.1) is 11.5 Å². The molecule has 0 bridgehead atoms. The molecule has 1 saturated heterocycles. The largest absolute Gasteiger partial charge is 0.480 e. The molecule has 2 rings (SSSR count). The molecule has 1 aliphatic heterocycles. The minimum atomic E-state index is -3.16. The van der Waals surface area contributed by atoms with Gasteiger partial charge in [0.1, 0.15) is 6.54 Å². The van der Waals surface area contributed by atoms with Crippen LogP contribution in [0.15, 0.2) is 12.1 Å². The molecule has 10 heteroatoms. The van der Waals surface area contributed by atoms with Gasteiger partial charge < -0.3 is 15.7 Å². The Kier molecular flexibility index (Phi) is 4.07. The highest BCUT2D eigenvalue weighted by atomic mass is 32.2. The van der Waals surface area contributed by atoms with Gasteiger partial charge in [0.25, 0.3) is 5.91 Å². The van der Waals surface area contributed by atoms with Gasteiger partial charge in [-0.3, -0.25) is 9.59 Å². The Labute approximate surface area is 120 Å². The maximum absolute atomic E-state index is 11.5. The normalized spacial score (nSPS) is 20.1. The minimum absolute atomic E-state index is 0.0145. The lowest BCUT2D eigenvalue weighted by Crippen LogP contribution is -2.40. The van der Waals surface area contributed by atoms with E-state index in [0.29, 0.717) is 6.42 Å². The van der Waals surface area contributed by atoms with Gasteiger partial charge in [-0.2, -0.15) is 0 Å². The zero-order valence-electron chi connectivity index (χ0n) is 11.0. The van der Waals surface area contributed by atoms with E-state index >= 15 is 0 Å². The van der Waals surface area contributed by atoms with Crippen molar-refractivity contribution >= 4 is 27.5 Å². The van der Waals surface area contributed by atoms with E-state index < -0.39 is 34.3 Å². The third-order valence-corrected chi connectivity index (χ3v) is 4.90. The number of nitrogens with two attached hydrogens (primary N) is 1. The van der Waals surface area contributed by atoms with Crippen LogP contribution < -0.4 is 10.6 Å². The number of rotatable bonds is 5. The van der Waals surface area contributed by atoms with Crippen molar-refractivity contribution < 1.29 is 23.1 Å². The summed E-state index contributed by atoms with van der Waals surface area (Å²) < 4.78 is 23.1. The number of carboxylic acid groups (broad SMARTS) is 1. The van der Waals surface area contributed by atoms with Crippen LogP contribution in [0.4, 0.5) is 5.82 Å². The second-order valence-electron chi connectivity index (χ2n) is 4.72. The van der Waals surface area contributed by atoms with Gasteiger partial charge in [0.15, 0.2) is 21.3 Å². The topological polar surface area (TPSA) is 144 Å². The molecule has 0 spiro atoms. The number of anilines is 1. The molecule has 3 N–H and O–H groups in total. The van der Waals surface area contributed by atoms with E-state index in [2.05, 4.69) is 10.2 Å². The molecule has 0 saturated carbocycles. The molecule has 1 aromatic heterocycles. The van der Waals surface area contributed by atoms with Crippen molar-refractivity contribution in [2.24, 2.45) is 5.73 Å². The van der Waals surface area contributed by atoms with E-state index in [4.69, 9.17) is 10.8 Å². The summed E-state index contributed by atoms with van der Waals surface area (Å²) in [6.07, 6.45) is 0.328. The summed E-state index contributed by atoms with van der Waals surface area (Å²) in [7, 11) is -3.16. The van der Waals surface area contributed by atoms with Gasteiger partial charge in [0.2, 0.25) is 0 Å². The maximum atomic E-state index is 11.5. The van der Waals surface area contributed by atoms with Crippen LogP contribution in [-0.4, -0.2) is 59.7 Å². The monoisotopic (exact) mass is 314 g/mol. The SMILES string of the molecule is NC(=O)c1ccc(N(CC(=O)O)C2CCS(=O)(=O)C2)nn1. The van der Waals surface area contributed by atoms with E-state index in [1.54, 1.807) is 0 Å². The van der Waals surface area contributed by atoms with Crippen LogP contribution in [-0.2, 0) is 14.6 Å². The number of primary amides is 1. The Morgan fingerprint density at radius 2 is 2.10 bits per heavy atom. The zero-order chi connectivity index (χ0) is 15.6. The summed E-state index contributed by atoms with van der Waals surface area (Å²) in [4.78, 5) is 23.3. The Balaban J connectivity index is 2.27. The van der Waals surface area contributed by atoms with Crippen molar-refractivity contribution in [3.8, 4) is 0 Å². The second-order valence-corrected chi connectivity index (χ2v) is 6.95. The first-order valence-electron chi connectivity index (χ1n) is 6.11. The zero-order valence-corrected chi connectivity index (χ0v) is 11.8. The fourth-order valence-corrected chi connectivity index (χ4v) is 3.90. The third-order valence-electron chi connectivity index (χ3n) is 3.15. The van der Waals surface area contributed by atoms with Crippen LogP contribution in [0.5, 0.6) is 0 Å². The third kappa shape index (κ3) is 3.66. The van der Waals surface area contributed by atoms with Gasteiger partial charge >= 0.3 is 5.97 Å². The van der Waals surface area contributed by atoms with Crippen LogP contribution in [0, 0.1) is 0 Å². The first-order valence-corrected chi connectivity index (χ1v) is 7.93. The molecule has 1 amide bonds. The first-order chi connectivity index (χ1) is 9.78. The number of nitrogens with zero attached hydrogens (tertiary/aromatic N) is 3. The maximum Gasteiger partial charge on any atom is 0.323 e. The van der Waals surface area contributed by atoms with Gasteiger partial charge in [-0.05, 0) is 18.6 Å². The van der Waals surface area contributed by atoms with Crippen molar-refractivity contribution in [2.45, 2.75) is 12.5 Å². The molecule has 114 valence electrons. The summed E-state index contributed by atoms with van der Waals surface area (Å²) in [5, 5.41) is 16.3. The highest BCUT2D eigenvalue weighted by Gasteiger charge is 2.34. The highest BCUT2D eigenvalue weighted by Crippen LogP contribution is 2.22. The minimum Gasteiger partial charge on any atom is -0.480 e. The number of hydrogen-bond acceptors (Lipinski definition) is 7. The Morgan fingerprint density at radius 1 is 1.38 bits per heavy atom. The number of carbonyl (C=O) groups excluding carboxylic acids is 1. The van der Waals surface area contributed by atoms with Crippen LogP contribution in [0.2, 0.25) is 0 Å². The Hall–Kier alpha value is -2.23. The van der Waals surface area contributed by atoms with Crippen molar-refractivity contribution in [1.82, 2.24) is 10.2 Å². The number of amides is 1. The molecule has 0 radical (unpaired) electrons. The fraction of sp³-hybridized carbons (Fsp3) is 0.455. The van der Waals surface area contributed by atoms with E-state index in [-0.39, 0.29) is 23.0 Å². The fourth-order valence-electron chi connectivity index (χ4n) is 2.17. The summed E-state index contributed by atoms with van der Waals surface area (Å²) in [6.45, 7) is -0.398. The molecule has 1 unspecified atom stereocenters. The summed E-state index contributed by atoms with van der Waals surface area (Å²) in [6, 6.07) is 2.25. The van der Waals surface area contributed by atoms with Crippen molar-refractivity contribution in [3.05, 3.63) is 17.8 Å². The van der Waals surface area contributed by atoms with Crippen LogP contribution in [0.1, 0.15) is 16.9 Å². The lowest BCUT2D eigenvalue weighted by atomic mass is 10.2. The molecule has 0 aromatic carbocycles. The molecule has 2 heterocycles. The molecule has 1 aliphatic rings. The number of aliphatic carboxylic acids is 1. The molecule has 1 aromatic rings. The first kappa shape index (κ1) is 15.2. The number of carboxylic acids is 1. The molecule has 21 heavy (non-hydrogen) atoms. The number of carbonyl (C=O) groups is 2. The Bertz CT molecular complexity index is 658. The average molecular weight is 314 g/mol. The van der Waals surface area contributed by atoms with E-state index in [0.717, 1.165) is 0 Å². The summed E-state index contributed by atoms with van der Waals surface area (Å²) >= 11 is 0. The number of sulfone groups is 1. The lowest BCUT2D eigenvalue weighted by Gasteiger charge is -2.27. The van der Waals surface area contributed by atoms with Crippen molar-refractivity contribution in [3.63, 3.8) is 0 Å². The quantitative estimate of drug-likeness (QED) is 0.679. The average Bonchev–Trinajstić information content (AvgIpc) is 2.76. The second kappa shape index (κ2) is 5.64. The van der Waals surface area contributed by atoms with Crippen LogP contribution >= 0.6 is 0 Å². The summed E-state index contributed by atoms with van der Waals surface area (Å²) in [5.74, 6) is -1.77. The molecular formula is C11H14N4O5S. The molecule has 1 fully saturated rings. The smallest absolute Gasteiger partial charge is 0.323 e. The number of aromatic nitrogens is 2. The van der Waals surface area contributed by atoms with Gasteiger partial charge in [-0.25, -0.2) is 8.42 Å². The van der Waals surface area contributed by atoms with Crippen LogP contribution in [0.25, 0.3) is 0 Å². The highest BCUT2D eigenvalue weighted by molar-refractivity contribution is 7.91. The predicted octanol–water partition coefficient (Wildman–Crippen LogP) is -1.35. The lowest BCUT2D eigenvalue weighted by molar-refractivity contribution is -0.135. The molecular weight excluding hydrogens is 300 g/mol. The van der Waals surface area contributed by atoms with Gasteiger partial charge in [0, 0.05) is 6.04 Å². The summed E-state index contributed by atoms with van der Waals surface area (Å²) in [5.41, 5.74) is 5.00. The molecule has 1 atom stereocenters. The van der Waals surface area contributed by atoms with E-state index in [1.807, 2.05) is 0 Å². The van der Waals surface area contributed by atoms with Crippen LogP contribution in [0.3, 0.4) is 0 Å². The molecule has 0 aliphatic carbocycles. The predicted molar refractivity (Wildman–Crippen MR) is 72.6 cm³/mol. The van der Waals surface area contributed by atoms with Gasteiger partial charge in [-0.15, -0.1) is 10.2 Å². The molecule has 9 nitrogen and oxygen atoms in total.